The van der Waals surface area contributed by atoms with Crippen molar-refractivity contribution >= 4 is 23.3 Å². The standard InChI is InChI=1S/C26H27F5N4O4/c1-12-19(15-5-6-16(27)20(28)21(15)38-3)22(39-25(12,2)26(29,30)31)23(36)34-13-8-9-32-18(10-13)35-11-14-4-7-17(33-14)24(35)37/h5-6,8-10,12,14,17,19,22,33H,4,7,11H2,1-3H3,(H,32,34,36)/t12-,14-,17+,19-,22+,25+/m0/s1. The van der Waals surface area contributed by atoms with Crippen molar-refractivity contribution in [2.75, 3.05) is 23.9 Å². The molecule has 0 radical (unpaired) electrons. The number of nitrogens with one attached hydrogen (secondary N) is 2. The molecule has 3 aliphatic heterocycles. The fourth-order valence-corrected chi connectivity index (χ4v) is 5.76. The van der Waals surface area contributed by atoms with Gasteiger partial charge < -0.3 is 20.1 Å². The highest BCUT2D eigenvalue weighted by Crippen LogP contribution is 2.55. The smallest absolute Gasteiger partial charge is 0.417 e. The second kappa shape index (κ2) is 9.70. The maximum absolute atomic E-state index is 14.5. The number of methoxy groups -OCH3 is 1. The lowest BCUT2D eigenvalue weighted by Gasteiger charge is -2.32. The highest BCUT2D eigenvalue weighted by Gasteiger charge is 2.66. The van der Waals surface area contributed by atoms with Crippen molar-refractivity contribution in [3.63, 3.8) is 0 Å². The molecule has 2 aromatic rings. The molecule has 0 saturated carbocycles. The maximum Gasteiger partial charge on any atom is 0.417 e. The van der Waals surface area contributed by atoms with E-state index >= 15 is 0 Å². The molecule has 39 heavy (non-hydrogen) atoms. The maximum atomic E-state index is 14.5. The summed E-state index contributed by atoms with van der Waals surface area (Å²) in [6, 6.07) is 4.55. The van der Waals surface area contributed by atoms with Crippen LogP contribution in [-0.4, -0.2) is 60.4 Å². The van der Waals surface area contributed by atoms with Gasteiger partial charge in [0.15, 0.2) is 17.2 Å². The average molecular weight is 555 g/mol. The normalized spacial score (nSPS) is 30.5. The molecule has 2 N–H and O–H groups in total. The number of fused-ring (bicyclic) bond motifs is 2. The molecular formula is C26H27F5N4O4. The zero-order chi connectivity index (χ0) is 28.3. The molecule has 0 unspecified atom stereocenters. The van der Waals surface area contributed by atoms with Crippen LogP contribution in [0.25, 0.3) is 0 Å². The number of anilines is 2. The summed E-state index contributed by atoms with van der Waals surface area (Å²) < 4.78 is 81.3. The van der Waals surface area contributed by atoms with Crippen molar-refractivity contribution in [1.29, 1.82) is 0 Å². The topological polar surface area (TPSA) is 92.8 Å². The van der Waals surface area contributed by atoms with E-state index in [2.05, 4.69) is 15.6 Å². The van der Waals surface area contributed by atoms with E-state index in [1.807, 2.05) is 0 Å². The van der Waals surface area contributed by atoms with Gasteiger partial charge in [-0.2, -0.15) is 17.6 Å². The van der Waals surface area contributed by atoms with Crippen molar-refractivity contribution in [3.05, 3.63) is 47.7 Å². The number of alkyl halides is 3. The zero-order valence-corrected chi connectivity index (χ0v) is 21.3. The summed E-state index contributed by atoms with van der Waals surface area (Å²) in [6.45, 7) is 2.45. The van der Waals surface area contributed by atoms with E-state index in [4.69, 9.17) is 9.47 Å². The number of halogens is 5. The molecule has 0 spiro atoms. The van der Waals surface area contributed by atoms with E-state index in [0.29, 0.717) is 13.0 Å². The Morgan fingerprint density at radius 2 is 2.00 bits per heavy atom. The van der Waals surface area contributed by atoms with Crippen LogP contribution in [0.15, 0.2) is 30.5 Å². The van der Waals surface area contributed by atoms with Crippen molar-refractivity contribution in [2.45, 2.75) is 62.6 Å². The van der Waals surface area contributed by atoms with E-state index in [9.17, 15) is 31.5 Å². The van der Waals surface area contributed by atoms with Crippen LogP contribution in [0, 0.1) is 17.6 Å². The minimum absolute atomic E-state index is 0.119. The Kier molecular flexibility index (Phi) is 6.78. The number of rotatable bonds is 5. The highest BCUT2D eigenvalue weighted by molar-refractivity contribution is 5.99. The van der Waals surface area contributed by atoms with Crippen LogP contribution < -0.4 is 20.3 Å². The Morgan fingerprint density at radius 3 is 2.69 bits per heavy atom. The van der Waals surface area contributed by atoms with Gasteiger partial charge in [-0.25, -0.2) is 9.37 Å². The SMILES string of the molecule is COc1c([C@H]2[C@H](C(=O)Nc3ccnc(N4C[C@@H]5CC[C@@H](N5)C4=O)c3)O[C@@](C)(C(F)(F)F)[C@H]2C)ccc(F)c1F. The molecule has 210 valence electrons. The van der Waals surface area contributed by atoms with Gasteiger partial charge in [-0.15, -0.1) is 0 Å². The summed E-state index contributed by atoms with van der Waals surface area (Å²) in [4.78, 5) is 32.0. The predicted octanol–water partition coefficient (Wildman–Crippen LogP) is 3.91. The average Bonchev–Trinajstić information content (AvgIpc) is 3.42. The van der Waals surface area contributed by atoms with E-state index in [1.54, 1.807) is 0 Å². The summed E-state index contributed by atoms with van der Waals surface area (Å²) in [5, 5.41) is 5.78. The minimum Gasteiger partial charge on any atom is -0.493 e. The van der Waals surface area contributed by atoms with Crippen LogP contribution in [0.1, 0.15) is 38.2 Å². The van der Waals surface area contributed by atoms with Gasteiger partial charge >= 0.3 is 6.18 Å². The van der Waals surface area contributed by atoms with Gasteiger partial charge in [0.1, 0.15) is 11.9 Å². The molecule has 8 nitrogen and oxygen atoms in total. The quantitative estimate of drug-likeness (QED) is 0.545. The molecular weight excluding hydrogens is 527 g/mol. The number of piperazine rings is 1. The van der Waals surface area contributed by atoms with Crippen LogP contribution in [0.2, 0.25) is 0 Å². The lowest BCUT2D eigenvalue weighted by Crippen LogP contribution is -2.55. The number of benzene rings is 1. The molecule has 13 heteroatoms. The molecule has 6 atom stereocenters. The number of carbonyl (C=O) groups is 2. The lowest BCUT2D eigenvalue weighted by molar-refractivity contribution is -0.272. The third-order valence-electron chi connectivity index (χ3n) is 8.07. The van der Waals surface area contributed by atoms with Crippen LogP contribution >= 0.6 is 0 Å². The third kappa shape index (κ3) is 4.50. The second-order valence-electron chi connectivity index (χ2n) is 10.3. The molecule has 0 aliphatic carbocycles. The van der Waals surface area contributed by atoms with Gasteiger partial charge in [0, 0.05) is 47.9 Å². The Balaban J connectivity index is 1.47. The molecule has 3 fully saturated rings. The Bertz CT molecular complexity index is 1310. The number of pyridine rings is 1. The summed E-state index contributed by atoms with van der Waals surface area (Å²) in [5.41, 5.74) is -2.73. The van der Waals surface area contributed by atoms with Gasteiger partial charge in [-0.1, -0.05) is 13.0 Å². The summed E-state index contributed by atoms with van der Waals surface area (Å²) in [7, 11) is 1.06. The highest BCUT2D eigenvalue weighted by atomic mass is 19.4. The Morgan fingerprint density at radius 1 is 1.26 bits per heavy atom. The molecule has 3 saturated heterocycles. The molecule has 1 aromatic heterocycles. The number of carbonyl (C=O) groups excluding carboxylic acids is 2. The summed E-state index contributed by atoms with van der Waals surface area (Å²) in [5.74, 6) is -6.75. The van der Waals surface area contributed by atoms with Crippen LogP contribution in [0.3, 0.4) is 0 Å². The predicted molar refractivity (Wildman–Crippen MR) is 129 cm³/mol. The first-order valence-electron chi connectivity index (χ1n) is 12.5. The first-order chi connectivity index (χ1) is 18.4. The van der Waals surface area contributed by atoms with Crippen LogP contribution in [0.4, 0.5) is 33.5 Å². The van der Waals surface area contributed by atoms with Crippen molar-refractivity contribution in [2.24, 2.45) is 5.92 Å². The largest absolute Gasteiger partial charge is 0.493 e. The van der Waals surface area contributed by atoms with Crippen molar-refractivity contribution < 1.29 is 41.0 Å². The van der Waals surface area contributed by atoms with E-state index < -0.39 is 53.0 Å². The summed E-state index contributed by atoms with van der Waals surface area (Å²) in [6.07, 6.45) is -3.69. The van der Waals surface area contributed by atoms with Crippen molar-refractivity contribution in [1.82, 2.24) is 10.3 Å². The minimum atomic E-state index is -4.88. The Hall–Kier alpha value is -3.32. The molecule has 3 aliphatic rings. The van der Waals surface area contributed by atoms with Gasteiger partial charge in [0.25, 0.3) is 5.91 Å². The monoisotopic (exact) mass is 554 g/mol. The van der Waals surface area contributed by atoms with Crippen LogP contribution in [0.5, 0.6) is 5.75 Å². The number of aromatic nitrogens is 1. The molecule has 1 aromatic carbocycles. The number of amides is 2. The molecule has 2 amide bonds. The van der Waals surface area contributed by atoms with Gasteiger partial charge in [0.2, 0.25) is 11.7 Å². The van der Waals surface area contributed by atoms with Gasteiger partial charge in [-0.3, -0.25) is 14.5 Å². The molecule has 2 bridgehead atoms. The zero-order valence-electron chi connectivity index (χ0n) is 21.3. The third-order valence-corrected chi connectivity index (χ3v) is 8.07. The van der Waals surface area contributed by atoms with E-state index in [1.165, 1.54) is 30.2 Å². The fraction of sp³-hybridized carbons (Fsp3) is 0.500. The number of hydrogen-bond donors (Lipinski definition) is 2. The van der Waals surface area contributed by atoms with Crippen LogP contribution in [-0.2, 0) is 14.3 Å². The first kappa shape index (κ1) is 27.3. The number of nitrogens with zero attached hydrogens (tertiary/aromatic N) is 2. The second-order valence-corrected chi connectivity index (χ2v) is 10.3. The van der Waals surface area contributed by atoms with Gasteiger partial charge in [0.05, 0.1) is 13.2 Å². The number of ether oxygens (including phenoxy) is 2. The van der Waals surface area contributed by atoms with Gasteiger partial charge in [-0.05, 0) is 31.9 Å². The first-order valence-corrected chi connectivity index (χ1v) is 12.5. The van der Waals surface area contributed by atoms with E-state index in [0.717, 1.165) is 32.6 Å². The lowest BCUT2D eigenvalue weighted by atomic mass is 9.77. The van der Waals surface area contributed by atoms with E-state index in [-0.39, 0.29) is 35.1 Å². The number of hydrogen-bond acceptors (Lipinski definition) is 6. The molecule has 4 heterocycles. The fourth-order valence-electron chi connectivity index (χ4n) is 5.76. The summed E-state index contributed by atoms with van der Waals surface area (Å²) >= 11 is 0. The molecule has 5 rings (SSSR count). The Labute approximate surface area is 220 Å². The van der Waals surface area contributed by atoms with Crippen molar-refractivity contribution in [3.8, 4) is 5.75 Å².